The van der Waals surface area contributed by atoms with Gasteiger partial charge in [-0.05, 0) is 30.3 Å². The third-order valence-electron chi connectivity index (χ3n) is 3.07. The number of urea groups is 1. The molecule has 2 heterocycles. The molecule has 1 aromatic carbocycles. The van der Waals surface area contributed by atoms with Gasteiger partial charge in [-0.3, -0.25) is 4.98 Å². The van der Waals surface area contributed by atoms with Gasteiger partial charge in [-0.25, -0.2) is 9.18 Å². The molecule has 3 aromatic rings. The molecule has 8 heteroatoms. The Morgan fingerprint density at radius 1 is 1.21 bits per heavy atom. The lowest BCUT2D eigenvalue weighted by Gasteiger charge is -2.06. The van der Waals surface area contributed by atoms with Gasteiger partial charge in [0.1, 0.15) is 11.5 Å². The summed E-state index contributed by atoms with van der Waals surface area (Å²) in [6.07, 6.45) is 2.03. The van der Waals surface area contributed by atoms with Crippen LogP contribution in [0.15, 0.2) is 53.2 Å². The molecule has 0 bridgehead atoms. The van der Waals surface area contributed by atoms with Crippen molar-refractivity contribution in [1.29, 1.82) is 0 Å². The van der Waals surface area contributed by atoms with Gasteiger partial charge in [0.05, 0.1) is 0 Å². The van der Waals surface area contributed by atoms with Gasteiger partial charge >= 0.3 is 6.03 Å². The molecule has 122 valence electrons. The lowest BCUT2D eigenvalue weighted by Crippen LogP contribution is -2.30. The zero-order valence-electron chi connectivity index (χ0n) is 12.6. The molecule has 0 unspecified atom stereocenters. The van der Waals surface area contributed by atoms with Crippen molar-refractivity contribution in [2.45, 2.75) is 6.42 Å². The minimum Gasteiger partial charge on any atom is -0.337 e. The number of nitrogens with zero attached hydrogens (tertiary/aromatic N) is 3. The smallest absolute Gasteiger partial charge is 0.319 e. The van der Waals surface area contributed by atoms with Crippen LogP contribution >= 0.6 is 0 Å². The maximum absolute atomic E-state index is 13.0. The highest BCUT2D eigenvalue weighted by atomic mass is 19.1. The Hall–Kier alpha value is -3.29. The lowest BCUT2D eigenvalue weighted by molar-refractivity contribution is 0.252. The second-order valence-electron chi connectivity index (χ2n) is 4.87. The molecule has 0 aliphatic heterocycles. The molecule has 0 aliphatic rings. The maximum Gasteiger partial charge on any atom is 0.319 e. The van der Waals surface area contributed by atoms with Crippen LogP contribution in [0.1, 0.15) is 5.82 Å². The van der Waals surface area contributed by atoms with E-state index in [1.54, 1.807) is 24.4 Å². The summed E-state index contributed by atoms with van der Waals surface area (Å²) in [6.45, 7) is 0.308. The summed E-state index contributed by atoms with van der Waals surface area (Å²) in [7, 11) is 0. The fraction of sp³-hybridized carbons (Fsp3) is 0.125. The summed E-state index contributed by atoms with van der Waals surface area (Å²) in [6, 6.07) is 10.6. The summed E-state index contributed by atoms with van der Waals surface area (Å²) >= 11 is 0. The van der Waals surface area contributed by atoms with Crippen molar-refractivity contribution in [3.63, 3.8) is 0 Å². The molecule has 7 nitrogen and oxygen atoms in total. The molecule has 2 amide bonds. The van der Waals surface area contributed by atoms with E-state index in [1.807, 2.05) is 6.07 Å². The number of carbonyl (C=O) groups is 1. The van der Waals surface area contributed by atoms with Crippen LogP contribution in [0.5, 0.6) is 0 Å². The number of carbonyl (C=O) groups excluding carboxylic acids is 1. The number of pyridine rings is 1. The Bertz CT molecular complexity index is 822. The van der Waals surface area contributed by atoms with Crippen molar-refractivity contribution in [1.82, 2.24) is 20.4 Å². The Kier molecular flexibility index (Phi) is 4.76. The van der Waals surface area contributed by atoms with Gasteiger partial charge in [-0.15, -0.1) is 0 Å². The average molecular weight is 327 g/mol. The monoisotopic (exact) mass is 327 g/mol. The van der Waals surface area contributed by atoms with E-state index in [2.05, 4.69) is 25.8 Å². The van der Waals surface area contributed by atoms with Gasteiger partial charge in [0, 0.05) is 24.8 Å². The molecular formula is C16H14FN5O2. The number of benzene rings is 1. The lowest BCUT2D eigenvalue weighted by atomic mass is 10.3. The fourth-order valence-electron chi connectivity index (χ4n) is 1.98. The molecular weight excluding hydrogens is 313 g/mol. The van der Waals surface area contributed by atoms with Crippen LogP contribution in [-0.2, 0) is 6.42 Å². The van der Waals surface area contributed by atoms with Gasteiger partial charge in [0.2, 0.25) is 0 Å². The number of amides is 2. The average Bonchev–Trinajstić information content (AvgIpc) is 3.04. The van der Waals surface area contributed by atoms with Crippen LogP contribution in [0.25, 0.3) is 11.6 Å². The standard InChI is InChI=1S/C16H14FN5O2/c17-11-4-3-5-12(10-11)20-16(23)19-9-7-14-21-15(24-22-14)13-6-1-2-8-18-13/h1-6,8,10H,7,9H2,(H2,19,20,23). The maximum atomic E-state index is 13.0. The van der Waals surface area contributed by atoms with Gasteiger partial charge in [-0.2, -0.15) is 4.98 Å². The van der Waals surface area contributed by atoms with Crippen LogP contribution in [0.2, 0.25) is 0 Å². The number of hydrogen-bond acceptors (Lipinski definition) is 5. The summed E-state index contributed by atoms with van der Waals surface area (Å²) in [5.74, 6) is 0.373. The second-order valence-corrected chi connectivity index (χ2v) is 4.87. The number of hydrogen-bond donors (Lipinski definition) is 2. The predicted molar refractivity (Wildman–Crippen MR) is 84.7 cm³/mol. The highest BCUT2D eigenvalue weighted by Crippen LogP contribution is 2.13. The second kappa shape index (κ2) is 7.32. The van der Waals surface area contributed by atoms with Crippen molar-refractivity contribution in [2.24, 2.45) is 0 Å². The zero-order chi connectivity index (χ0) is 16.8. The fourth-order valence-corrected chi connectivity index (χ4v) is 1.98. The van der Waals surface area contributed by atoms with E-state index in [0.29, 0.717) is 36.1 Å². The minimum absolute atomic E-state index is 0.308. The van der Waals surface area contributed by atoms with E-state index in [-0.39, 0.29) is 0 Å². The summed E-state index contributed by atoms with van der Waals surface area (Å²) in [4.78, 5) is 20.1. The predicted octanol–water partition coefficient (Wildman–Crippen LogP) is 2.63. The summed E-state index contributed by atoms with van der Waals surface area (Å²) in [5, 5.41) is 9.01. The SMILES string of the molecule is O=C(NCCc1noc(-c2ccccn2)n1)Nc1cccc(F)c1. The van der Waals surface area contributed by atoms with Gasteiger partial charge in [0.15, 0.2) is 5.82 Å². The first-order valence-electron chi connectivity index (χ1n) is 7.25. The number of halogens is 1. The molecule has 0 spiro atoms. The van der Waals surface area contributed by atoms with Crippen LogP contribution in [0.4, 0.5) is 14.9 Å². The Morgan fingerprint density at radius 3 is 2.92 bits per heavy atom. The largest absolute Gasteiger partial charge is 0.337 e. The summed E-state index contributed by atoms with van der Waals surface area (Å²) in [5.41, 5.74) is 0.970. The van der Waals surface area contributed by atoms with Gasteiger partial charge < -0.3 is 15.2 Å². The molecule has 0 radical (unpaired) electrons. The first-order chi connectivity index (χ1) is 11.7. The normalized spacial score (nSPS) is 10.4. The Labute approximate surface area is 136 Å². The number of nitrogens with one attached hydrogen (secondary N) is 2. The molecule has 0 fully saturated rings. The molecule has 0 atom stereocenters. The molecule has 0 saturated carbocycles. The summed E-state index contributed by atoms with van der Waals surface area (Å²) < 4.78 is 18.2. The first-order valence-corrected chi connectivity index (χ1v) is 7.25. The number of rotatable bonds is 5. The molecule has 0 saturated heterocycles. The van der Waals surface area contributed by atoms with E-state index in [1.165, 1.54) is 18.2 Å². The third kappa shape index (κ3) is 4.13. The molecule has 3 rings (SSSR count). The zero-order valence-corrected chi connectivity index (χ0v) is 12.6. The van der Waals surface area contributed by atoms with Crippen molar-refractivity contribution in [3.05, 3.63) is 60.3 Å². The molecule has 2 aromatic heterocycles. The van der Waals surface area contributed by atoms with E-state index < -0.39 is 11.8 Å². The Morgan fingerprint density at radius 2 is 2.12 bits per heavy atom. The molecule has 2 N–H and O–H groups in total. The topological polar surface area (TPSA) is 92.9 Å². The highest BCUT2D eigenvalue weighted by Gasteiger charge is 2.10. The van der Waals surface area contributed by atoms with Gasteiger partial charge in [0.25, 0.3) is 5.89 Å². The minimum atomic E-state index is -0.436. The third-order valence-corrected chi connectivity index (χ3v) is 3.07. The number of aromatic nitrogens is 3. The Balaban J connectivity index is 1.48. The number of anilines is 1. The van der Waals surface area contributed by atoms with Crippen LogP contribution in [0, 0.1) is 5.82 Å². The van der Waals surface area contributed by atoms with Gasteiger partial charge in [-0.1, -0.05) is 17.3 Å². The van der Waals surface area contributed by atoms with Crippen molar-refractivity contribution < 1.29 is 13.7 Å². The van der Waals surface area contributed by atoms with Crippen LogP contribution in [0.3, 0.4) is 0 Å². The van der Waals surface area contributed by atoms with Crippen LogP contribution in [-0.4, -0.2) is 27.7 Å². The van der Waals surface area contributed by atoms with Crippen LogP contribution < -0.4 is 10.6 Å². The van der Waals surface area contributed by atoms with E-state index in [0.717, 1.165) is 0 Å². The van der Waals surface area contributed by atoms with Crippen molar-refractivity contribution >= 4 is 11.7 Å². The van der Waals surface area contributed by atoms with E-state index in [9.17, 15) is 9.18 Å². The first kappa shape index (κ1) is 15.6. The van der Waals surface area contributed by atoms with E-state index >= 15 is 0 Å². The quantitative estimate of drug-likeness (QED) is 0.751. The molecule has 0 aliphatic carbocycles. The van der Waals surface area contributed by atoms with Crippen molar-refractivity contribution in [2.75, 3.05) is 11.9 Å². The highest BCUT2D eigenvalue weighted by molar-refractivity contribution is 5.89. The molecule has 24 heavy (non-hydrogen) atoms. The van der Waals surface area contributed by atoms with Crippen molar-refractivity contribution in [3.8, 4) is 11.6 Å². The van der Waals surface area contributed by atoms with E-state index in [4.69, 9.17) is 4.52 Å².